The number of benzene rings is 4. The number of nitrogens with zero attached hydrogens (tertiary/aromatic N) is 3. The Morgan fingerprint density at radius 1 is 0.508 bits per heavy atom. The molecular formula is C51H64N4O4. The molecule has 0 bridgehead atoms. The Labute approximate surface area is 350 Å². The van der Waals surface area contributed by atoms with Crippen molar-refractivity contribution in [2.75, 3.05) is 0 Å². The molecule has 0 fully saturated rings. The van der Waals surface area contributed by atoms with Gasteiger partial charge in [0, 0.05) is 39.5 Å². The van der Waals surface area contributed by atoms with Crippen LogP contribution >= 0.6 is 0 Å². The number of fused-ring (bicyclic) bond motifs is 4. The van der Waals surface area contributed by atoms with E-state index < -0.39 is 0 Å². The predicted octanol–water partition coefficient (Wildman–Crippen LogP) is 13.3. The van der Waals surface area contributed by atoms with Crippen molar-refractivity contribution in [3.05, 3.63) is 76.9 Å². The maximum atomic E-state index is 15.3. The molecule has 3 heterocycles. The molecule has 2 aliphatic rings. The second-order valence-corrected chi connectivity index (χ2v) is 17.2. The van der Waals surface area contributed by atoms with E-state index in [1.807, 2.05) is 18.2 Å². The maximum absolute atomic E-state index is 15.3. The third kappa shape index (κ3) is 8.47. The van der Waals surface area contributed by atoms with Gasteiger partial charge >= 0.3 is 0 Å². The summed E-state index contributed by atoms with van der Waals surface area (Å²) in [5.41, 5.74) is 3.07. The highest BCUT2D eigenvalue weighted by Gasteiger charge is 2.45. The number of unbranched alkanes of at least 4 members (excludes halogenated alkanes) is 12. The van der Waals surface area contributed by atoms with Crippen LogP contribution in [0.15, 0.2) is 54.6 Å². The molecule has 0 saturated heterocycles. The summed E-state index contributed by atoms with van der Waals surface area (Å²) < 4.78 is 0. The van der Waals surface area contributed by atoms with E-state index >= 15 is 9.59 Å². The van der Waals surface area contributed by atoms with Crippen LogP contribution in [-0.4, -0.2) is 55.5 Å². The molecule has 7 rings (SSSR count). The van der Waals surface area contributed by atoms with E-state index in [0.717, 1.165) is 145 Å². The lowest BCUT2D eigenvalue weighted by atomic mass is 9.83. The summed E-state index contributed by atoms with van der Waals surface area (Å²) in [4.78, 5) is 71.9. The Kier molecular flexibility index (Phi) is 14.0. The van der Waals surface area contributed by atoms with Crippen molar-refractivity contribution in [3.63, 3.8) is 0 Å². The summed E-state index contributed by atoms with van der Waals surface area (Å²) in [5, 5.41) is 2.95. The average Bonchev–Trinajstić information content (AvgIpc) is 3.69. The van der Waals surface area contributed by atoms with Crippen LogP contribution in [0.4, 0.5) is 0 Å². The lowest BCUT2D eigenvalue weighted by molar-refractivity contribution is 0.0496. The van der Waals surface area contributed by atoms with Crippen molar-refractivity contribution in [3.8, 4) is 11.4 Å². The monoisotopic (exact) mass is 796 g/mol. The quantitative estimate of drug-likeness (QED) is 0.0524. The van der Waals surface area contributed by atoms with Gasteiger partial charge in [0.15, 0.2) is 0 Å². The van der Waals surface area contributed by atoms with Gasteiger partial charge in [0.2, 0.25) is 0 Å². The summed E-state index contributed by atoms with van der Waals surface area (Å²) in [7, 11) is 0. The van der Waals surface area contributed by atoms with Gasteiger partial charge in [-0.2, -0.15) is 0 Å². The zero-order valence-corrected chi connectivity index (χ0v) is 36.0. The number of carbonyl (C=O) groups is 4. The number of aromatic nitrogens is 2. The number of aromatic amines is 1. The van der Waals surface area contributed by atoms with Gasteiger partial charge in [0.25, 0.3) is 23.6 Å². The van der Waals surface area contributed by atoms with E-state index in [1.54, 1.807) is 12.1 Å². The first-order chi connectivity index (χ1) is 28.8. The molecule has 0 radical (unpaired) electrons. The van der Waals surface area contributed by atoms with Crippen LogP contribution in [0, 0.1) is 0 Å². The van der Waals surface area contributed by atoms with Crippen LogP contribution in [0.2, 0.25) is 0 Å². The molecule has 0 spiro atoms. The predicted molar refractivity (Wildman–Crippen MR) is 240 cm³/mol. The van der Waals surface area contributed by atoms with Crippen molar-refractivity contribution >= 4 is 56.2 Å². The second-order valence-electron chi connectivity index (χ2n) is 17.2. The normalized spacial score (nSPS) is 14.1. The molecule has 0 saturated carbocycles. The highest BCUT2D eigenvalue weighted by atomic mass is 16.2. The molecule has 1 N–H and O–H groups in total. The number of amides is 4. The van der Waals surface area contributed by atoms with Gasteiger partial charge in [-0.25, -0.2) is 4.98 Å². The lowest BCUT2D eigenvalue weighted by Crippen LogP contribution is -2.49. The number of H-pyrrole nitrogens is 1. The number of nitrogens with one attached hydrogen (secondary N) is 1. The second kappa shape index (κ2) is 19.5. The molecule has 8 nitrogen and oxygen atoms in total. The summed E-state index contributed by atoms with van der Waals surface area (Å²) in [6, 6.07) is 17.3. The minimum absolute atomic E-state index is 0.253. The Hall–Kier alpha value is -4.85. The number of imidazole rings is 1. The van der Waals surface area contributed by atoms with Crippen LogP contribution in [0.3, 0.4) is 0 Å². The third-order valence-corrected chi connectivity index (χ3v) is 13.0. The molecule has 4 aromatic carbocycles. The molecule has 5 aromatic rings. The zero-order valence-electron chi connectivity index (χ0n) is 36.0. The van der Waals surface area contributed by atoms with Gasteiger partial charge in [-0.15, -0.1) is 0 Å². The van der Waals surface area contributed by atoms with Crippen molar-refractivity contribution in [2.45, 2.75) is 168 Å². The van der Waals surface area contributed by atoms with Crippen LogP contribution in [0.25, 0.3) is 44.0 Å². The van der Waals surface area contributed by atoms with Gasteiger partial charge < -0.3 is 4.98 Å². The highest BCUT2D eigenvalue weighted by molar-refractivity contribution is 6.38. The number of imide groups is 2. The summed E-state index contributed by atoms with van der Waals surface area (Å²) in [6.07, 6.45) is 19.8. The molecule has 0 unspecified atom stereocenters. The topological polar surface area (TPSA) is 103 Å². The standard InChI is InChI=1S/C51H64N4O4/c1-5-9-13-17-25-37(26-18-14-10-6-2)54-48(56)39-31-32-40-42-41(39)43(50(54)58)45-46(53-47(52-45)36-30-29-34-23-21-22-24-35(34)33-36)44(42)51(59)55(49(40)57)38(27-19-15-11-7-3)28-20-16-12-8-4/h21-24,29-33,37-38H,5-20,25-28H2,1-4H3,(H,52,53). The Balaban J connectivity index is 1.41. The SMILES string of the molecule is CCCCCCC(CCCCCC)N1C(=O)c2ccc3c4c(c5[nH]c(-c6ccc7ccccc7c6)nc5c(c24)C1=O)C(=O)N(C(CCCCCC)CCCCCC)C3=O. The molecule has 59 heavy (non-hydrogen) atoms. The first kappa shape index (κ1) is 42.3. The Morgan fingerprint density at radius 2 is 0.966 bits per heavy atom. The molecule has 2 aliphatic heterocycles. The van der Waals surface area contributed by atoms with E-state index in [4.69, 9.17) is 4.98 Å². The number of carbonyl (C=O) groups excluding carboxylic acids is 4. The molecule has 0 atom stereocenters. The summed E-state index contributed by atoms with van der Waals surface area (Å²) >= 11 is 0. The fraction of sp³-hybridized carbons (Fsp3) is 0.510. The molecule has 4 amide bonds. The first-order valence-corrected chi connectivity index (χ1v) is 23.1. The van der Waals surface area contributed by atoms with Crippen molar-refractivity contribution in [1.29, 1.82) is 0 Å². The zero-order chi connectivity index (χ0) is 41.5. The van der Waals surface area contributed by atoms with E-state index in [0.29, 0.717) is 49.9 Å². The average molecular weight is 797 g/mol. The number of rotatable bonds is 23. The van der Waals surface area contributed by atoms with Gasteiger partial charge in [-0.1, -0.05) is 167 Å². The number of hydrogen-bond donors (Lipinski definition) is 1. The Bertz CT molecular complexity index is 2180. The maximum Gasteiger partial charge on any atom is 0.263 e. The molecular weight excluding hydrogens is 733 g/mol. The Morgan fingerprint density at radius 3 is 1.46 bits per heavy atom. The van der Waals surface area contributed by atoms with Crippen molar-refractivity contribution < 1.29 is 19.2 Å². The first-order valence-electron chi connectivity index (χ1n) is 23.1. The largest absolute Gasteiger partial charge is 0.337 e. The van der Waals surface area contributed by atoms with Crippen molar-refractivity contribution in [1.82, 2.24) is 19.8 Å². The molecule has 1 aromatic heterocycles. The van der Waals surface area contributed by atoms with Crippen LogP contribution in [0.5, 0.6) is 0 Å². The lowest BCUT2D eigenvalue weighted by Gasteiger charge is -2.37. The third-order valence-electron chi connectivity index (χ3n) is 13.0. The number of hydrogen-bond acceptors (Lipinski definition) is 5. The smallest absolute Gasteiger partial charge is 0.263 e. The van der Waals surface area contributed by atoms with Gasteiger partial charge in [-0.05, 0) is 54.7 Å². The van der Waals surface area contributed by atoms with Gasteiger partial charge in [0.1, 0.15) is 11.3 Å². The minimum atomic E-state index is -0.379. The molecule has 8 heteroatoms. The fourth-order valence-corrected chi connectivity index (χ4v) is 9.73. The van der Waals surface area contributed by atoms with E-state index in [1.165, 1.54) is 9.80 Å². The summed E-state index contributed by atoms with van der Waals surface area (Å²) in [6.45, 7) is 8.75. The van der Waals surface area contributed by atoms with E-state index in [9.17, 15) is 9.59 Å². The van der Waals surface area contributed by atoms with Crippen molar-refractivity contribution in [2.24, 2.45) is 0 Å². The molecule has 0 aliphatic carbocycles. The van der Waals surface area contributed by atoms with Gasteiger partial charge in [0.05, 0.1) is 16.6 Å². The van der Waals surface area contributed by atoms with E-state index in [2.05, 4.69) is 56.9 Å². The highest BCUT2D eigenvalue weighted by Crippen LogP contribution is 2.45. The van der Waals surface area contributed by atoms with Crippen LogP contribution < -0.4 is 0 Å². The fourth-order valence-electron chi connectivity index (χ4n) is 9.73. The van der Waals surface area contributed by atoms with Crippen LogP contribution in [-0.2, 0) is 0 Å². The van der Waals surface area contributed by atoms with Gasteiger partial charge in [-0.3, -0.25) is 29.0 Å². The summed E-state index contributed by atoms with van der Waals surface area (Å²) in [5.74, 6) is -0.886. The van der Waals surface area contributed by atoms with E-state index in [-0.39, 0.29) is 35.7 Å². The molecule has 312 valence electrons. The minimum Gasteiger partial charge on any atom is -0.337 e. The van der Waals surface area contributed by atoms with Crippen LogP contribution in [0.1, 0.15) is 198 Å².